The molecule has 1 N–H and O–H groups in total. The number of halogens is 4. The molecule has 3 aliphatic heterocycles. The van der Waals surface area contributed by atoms with Crippen LogP contribution in [0.25, 0.3) is 22.3 Å². The number of fused-ring (bicyclic) bond motifs is 5. The Balaban J connectivity index is 1.12. The SMILES string of the molecule is CCN1CC2CCC(C1)N2Cc1ccc(Nc2ncc(F)c(-c3cc(F)c4nc5n(c4c3)[C@H](C(C)(F)F)CC5)n2)nc1. The monoisotopic (exact) mass is 580 g/mol. The van der Waals surface area contributed by atoms with E-state index in [2.05, 4.69) is 42.0 Å². The molecule has 0 aliphatic carbocycles. The molecule has 3 aromatic heterocycles. The summed E-state index contributed by atoms with van der Waals surface area (Å²) < 4.78 is 60.1. The summed E-state index contributed by atoms with van der Waals surface area (Å²) in [5.74, 6) is -3.55. The van der Waals surface area contributed by atoms with Crippen LogP contribution < -0.4 is 5.32 Å². The second-order valence-electron chi connectivity index (χ2n) is 11.7. The highest BCUT2D eigenvalue weighted by Gasteiger charge is 2.42. The van der Waals surface area contributed by atoms with E-state index >= 15 is 4.39 Å². The second kappa shape index (κ2) is 10.3. The molecule has 7 rings (SSSR count). The van der Waals surface area contributed by atoms with Crippen LogP contribution in [0.5, 0.6) is 0 Å². The van der Waals surface area contributed by atoms with E-state index in [9.17, 15) is 13.2 Å². The fourth-order valence-corrected chi connectivity index (χ4v) is 6.88. The van der Waals surface area contributed by atoms with Crippen molar-refractivity contribution in [2.24, 2.45) is 0 Å². The van der Waals surface area contributed by atoms with E-state index in [1.807, 2.05) is 18.3 Å². The topological polar surface area (TPSA) is 75.0 Å². The highest BCUT2D eigenvalue weighted by atomic mass is 19.3. The van der Waals surface area contributed by atoms with E-state index in [1.165, 1.54) is 23.5 Å². The number of hydrogen-bond acceptors (Lipinski definition) is 7. The number of alkyl halides is 2. The lowest BCUT2D eigenvalue weighted by Gasteiger charge is -2.40. The Hall–Kier alpha value is -3.64. The van der Waals surface area contributed by atoms with Gasteiger partial charge in [0.2, 0.25) is 5.95 Å². The molecule has 8 nitrogen and oxygen atoms in total. The zero-order valence-electron chi connectivity index (χ0n) is 23.5. The minimum absolute atomic E-state index is 0.0138. The molecule has 2 unspecified atom stereocenters. The van der Waals surface area contributed by atoms with Crippen molar-refractivity contribution in [1.29, 1.82) is 0 Å². The van der Waals surface area contributed by atoms with E-state index in [-0.39, 0.29) is 34.7 Å². The van der Waals surface area contributed by atoms with Crippen LogP contribution in [0.1, 0.15) is 50.5 Å². The van der Waals surface area contributed by atoms with Crippen molar-refractivity contribution in [2.45, 2.75) is 70.1 Å². The molecule has 2 fully saturated rings. The molecule has 12 heteroatoms. The summed E-state index contributed by atoms with van der Waals surface area (Å²) in [6.07, 6.45) is 5.79. The summed E-state index contributed by atoms with van der Waals surface area (Å²) in [7, 11) is 0. The van der Waals surface area contributed by atoms with Crippen LogP contribution in [0, 0.1) is 11.6 Å². The largest absolute Gasteiger partial charge is 0.319 e. The van der Waals surface area contributed by atoms with Crippen LogP contribution in [0.4, 0.5) is 29.3 Å². The first kappa shape index (κ1) is 27.2. The lowest BCUT2D eigenvalue weighted by atomic mass is 10.1. The Morgan fingerprint density at radius 3 is 2.45 bits per heavy atom. The zero-order valence-corrected chi connectivity index (χ0v) is 23.5. The molecule has 42 heavy (non-hydrogen) atoms. The molecular formula is C30H32F4N8. The first-order valence-corrected chi connectivity index (χ1v) is 14.5. The summed E-state index contributed by atoms with van der Waals surface area (Å²) in [5.41, 5.74) is 1.24. The molecule has 0 radical (unpaired) electrons. The van der Waals surface area contributed by atoms with Crippen LogP contribution in [0.2, 0.25) is 0 Å². The molecule has 6 heterocycles. The van der Waals surface area contributed by atoms with E-state index in [1.54, 1.807) is 0 Å². The van der Waals surface area contributed by atoms with Crippen molar-refractivity contribution in [1.82, 2.24) is 34.3 Å². The Morgan fingerprint density at radius 2 is 1.76 bits per heavy atom. The fourth-order valence-electron chi connectivity index (χ4n) is 6.88. The maximum absolute atomic E-state index is 15.1. The number of benzene rings is 1. The Kier molecular flexibility index (Phi) is 6.65. The number of pyridine rings is 1. The van der Waals surface area contributed by atoms with Gasteiger partial charge >= 0.3 is 0 Å². The third-order valence-electron chi connectivity index (χ3n) is 8.96. The Labute approximate surface area is 240 Å². The molecule has 3 aliphatic rings. The minimum Gasteiger partial charge on any atom is -0.319 e. The van der Waals surface area contributed by atoms with E-state index in [0.717, 1.165) is 50.9 Å². The molecule has 220 valence electrons. The number of likely N-dealkylation sites (N-methyl/N-ethyl adjacent to an activating group) is 1. The predicted octanol–water partition coefficient (Wildman–Crippen LogP) is 5.72. The standard InChI is InChI=1S/C30H32F4N8/c1-3-40-15-19-5-6-20(16-40)41(19)14-17-4-8-25(35-12-17)37-29-36-13-22(32)27(39-29)18-10-21(31)28-23(11-18)42-24(30(2,33)34)7-9-26(42)38-28/h4,8,10-13,19-20,24H,3,5-7,9,14-16H2,1-2H3,(H,35,36,37,39)/t19?,20?,24-/m0/s1. The van der Waals surface area contributed by atoms with Crippen LogP contribution >= 0.6 is 0 Å². The fraction of sp³-hybridized carbons (Fsp3) is 0.467. The smallest absolute Gasteiger partial charge is 0.265 e. The highest BCUT2D eigenvalue weighted by molar-refractivity contribution is 5.83. The lowest BCUT2D eigenvalue weighted by Crippen LogP contribution is -2.52. The van der Waals surface area contributed by atoms with Crippen LogP contribution in [0.3, 0.4) is 0 Å². The Morgan fingerprint density at radius 1 is 0.976 bits per heavy atom. The maximum Gasteiger partial charge on any atom is 0.265 e. The third-order valence-corrected chi connectivity index (χ3v) is 8.96. The zero-order chi connectivity index (χ0) is 29.2. The van der Waals surface area contributed by atoms with E-state index in [4.69, 9.17) is 0 Å². The Bertz CT molecular complexity index is 1620. The van der Waals surface area contributed by atoms with Gasteiger partial charge in [0.25, 0.3) is 5.92 Å². The van der Waals surface area contributed by atoms with Gasteiger partial charge in [-0.1, -0.05) is 13.0 Å². The minimum atomic E-state index is -3.02. The molecule has 0 amide bonds. The van der Waals surface area contributed by atoms with Gasteiger partial charge < -0.3 is 14.8 Å². The van der Waals surface area contributed by atoms with Crippen molar-refractivity contribution < 1.29 is 17.6 Å². The average Bonchev–Trinajstić information content (AvgIpc) is 3.60. The summed E-state index contributed by atoms with van der Waals surface area (Å²) >= 11 is 0. The average molecular weight is 581 g/mol. The number of piperazine rings is 1. The van der Waals surface area contributed by atoms with Crippen molar-refractivity contribution >= 4 is 22.8 Å². The first-order valence-electron chi connectivity index (χ1n) is 14.5. The molecule has 0 saturated carbocycles. The van der Waals surface area contributed by atoms with Gasteiger partial charge in [0.1, 0.15) is 22.9 Å². The van der Waals surface area contributed by atoms with Crippen molar-refractivity contribution in [3.05, 3.63) is 59.7 Å². The second-order valence-corrected chi connectivity index (χ2v) is 11.7. The molecule has 1 aromatic carbocycles. The number of nitrogens with zero attached hydrogens (tertiary/aromatic N) is 7. The van der Waals surface area contributed by atoms with Gasteiger partial charge in [-0.05, 0) is 49.6 Å². The van der Waals surface area contributed by atoms with Gasteiger partial charge in [0.05, 0.1) is 17.8 Å². The number of nitrogens with one attached hydrogen (secondary N) is 1. The van der Waals surface area contributed by atoms with Gasteiger partial charge in [0, 0.05) is 56.8 Å². The third kappa shape index (κ3) is 4.80. The number of imidazole rings is 1. The van der Waals surface area contributed by atoms with Crippen LogP contribution in [0.15, 0.2) is 36.7 Å². The molecule has 0 spiro atoms. The summed E-state index contributed by atoms with van der Waals surface area (Å²) in [6, 6.07) is 6.43. The summed E-state index contributed by atoms with van der Waals surface area (Å²) in [5, 5.41) is 3.00. The highest BCUT2D eigenvalue weighted by Crippen LogP contribution is 2.42. The lowest BCUT2D eigenvalue weighted by molar-refractivity contribution is -0.0285. The van der Waals surface area contributed by atoms with Gasteiger partial charge in [-0.25, -0.2) is 37.5 Å². The number of aryl methyl sites for hydroxylation is 1. The van der Waals surface area contributed by atoms with Crippen molar-refractivity contribution in [2.75, 3.05) is 25.0 Å². The number of anilines is 2. The predicted molar refractivity (Wildman–Crippen MR) is 151 cm³/mol. The summed E-state index contributed by atoms with van der Waals surface area (Å²) in [4.78, 5) is 22.2. The molecular weight excluding hydrogens is 548 g/mol. The van der Waals surface area contributed by atoms with Crippen molar-refractivity contribution in [3.63, 3.8) is 0 Å². The number of likely N-dealkylation sites (tertiary alicyclic amines) is 1. The van der Waals surface area contributed by atoms with E-state index in [0.29, 0.717) is 30.1 Å². The normalized spacial score (nSPS) is 22.7. The first-order chi connectivity index (χ1) is 20.2. The number of hydrogen-bond donors (Lipinski definition) is 1. The quantitative estimate of drug-likeness (QED) is 0.280. The molecule has 2 saturated heterocycles. The van der Waals surface area contributed by atoms with Gasteiger partial charge in [0.15, 0.2) is 11.6 Å². The molecule has 4 aromatic rings. The molecule has 3 atom stereocenters. The van der Waals surface area contributed by atoms with Crippen molar-refractivity contribution in [3.8, 4) is 11.3 Å². The maximum atomic E-state index is 15.1. The van der Waals surface area contributed by atoms with Gasteiger partial charge in [-0.3, -0.25) is 4.90 Å². The summed E-state index contributed by atoms with van der Waals surface area (Å²) in [6.45, 7) is 7.20. The number of aromatic nitrogens is 5. The van der Waals surface area contributed by atoms with Gasteiger partial charge in [-0.2, -0.15) is 0 Å². The van der Waals surface area contributed by atoms with Gasteiger partial charge in [-0.15, -0.1) is 0 Å². The van der Waals surface area contributed by atoms with E-state index < -0.39 is 23.6 Å². The van der Waals surface area contributed by atoms with Crippen LogP contribution in [-0.2, 0) is 13.0 Å². The number of rotatable bonds is 7. The van der Waals surface area contributed by atoms with Crippen LogP contribution in [-0.4, -0.2) is 71.9 Å². The molecule has 2 bridgehead atoms.